The molecular weight excluding hydrogens is 240 g/mol. The first-order valence-corrected chi connectivity index (χ1v) is 6.83. The van der Waals surface area contributed by atoms with E-state index in [1.54, 1.807) is 11.3 Å². The van der Waals surface area contributed by atoms with Crippen molar-refractivity contribution in [2.24, 2.45) is 0 Å². The van der Waals surface area contributed by atoms with Crippen LogP contribution in [0.1, 0.15) is 16.0 Å². The van der Waals surface area contributed by atoms with E-state index in [0.29, 0.717) is 0 Å². The number of nitriles is 1. The van der Waals surface area contributed by atoms with Crippen molar-refractivity contribution in [3.63, 3.8) is 0 Å². The van der Waals surface area contributed by atoms with Crippen molar-refractivity contribution in [3.05, 3.63) is 51.7 Å². The van der Waals surface area contributed by atoms with Crippen LogP contribution >= 0.6 is 11.3 Å². The average molecular weight is 256 g/mol. The topological polar surface area (TPSA) is 27.0 Å². The summed E-state index contributed by atoms with van der Waals surface area (Å²) in [4.78, 5) is 3.64. The molecule has 2 rings (SSSR count). The zero-order valence-electron chi connectivity index (χ0n) is 10.7. The molecule has 2 nitrogen and oxygen atoms in total. The quantitative estimate of drug-likeness (QED) is 0.835. The molecule has 2 aromatic rings. The molecule has 0 N–H and O–H groups in total. The molecule has 0 aliphatic rings. The zero-order chi connectivity index (χ0) is 13.0. The van der Waals surface area contributed by atoms with Gasteiger partial charge >= 0.3 is 0 Å². The molecule has 92 valence electrons. The van der Waals surface area contributed by atoms with Crippen molar-refractivity contribution < 1.29 is 0 Å². The molecule has 0 aliphatic carbocycles. The highest BCUT2D eigenvalue weighted by atomic mass is 32.1. The lowest BCUT2D eigenvalue weighted by atomic mass is 10.1. The first-order chi connectivity index (χ1) is 8.70. The highest BCUT2D eigenvalue weighted by molar-refractivity contribution is 7.09. The van der Waals surface area contributed by atoms with Crippen LogP contribution in [-0.2, 0) is 6.42 Å². The molecule has 3 heteroatoms. The standard InChI is InChI=1S/C15H16N2S/c1-12-10-14(6-5-13(12)11-16)17(2)8-7-15-4-3-9-18-15/h3-6,9-10H,7-8H2,1-2H3. The lowest BCUT2D eigenvalue weighted by molar-refractivity contribution is 0.886. The number of thiophene rings is 1. The second-order valence-electron chi connectivity index (χ2n) is 4.36. The zero-order valence-corrected chi connectivity index (χ0v) is 11.5. The van der Waals surface area contributed by atoms with Gasteiger partial charge in [0.05, 0.1) is 11.6 Å². The second kappa shape index (κ2) is 5.70. The maximum Gasteiger partial charge on any atom is 0.0994 e. The van der Waals surface area contributed by atoms with Crippen LogP contribution in [0.15, 0.2) is 35.7 Å². The molecule has 0 amide bonds. The fourth-order valence-electron chi connectivity index (χ4n) is 1.87. The maximum absolute atomic E-state index is 8.91. The van der Waals surface area contributed by atoms with Gasteiger partial charge in [0.1, 0.15) is 0 Å². The van der Waals surface area contributed by atoms with Gasteiger partial charge < -0.3 is 4.90 Å². The first-order valence-electron chi connectivity index (χ1n) is 5.95. The molecule has 0 spiro atoms. The molecule has 0 aliphatic heterocycles. The van der Waals surface area contributed by atoms with Crippen LogP contribution < -0.4 is 4.90 Å². The third-order valence-electron chi connectivity index (χ3n) is 3.04. The smallest absolute Gasteiger partial charge is 0.0994 e. The number of aryl methyl sites for hydroxylation is 1. The van der Waals surface area contributed by atoms with Gasteiger partial charge in [0.15, 0.2) is 0 Å². The molecular formula is C15H16N2S. The second-order valence-corrected chi connectivity index (χ2v) is 5.39. The molecule has 18 heavy (non-hydrogen) atoms. The molecule has 1 aromatic carbocycles. The fourth-order valence-corrected chi connectivity index (χ4v) is 2.57. The summed E-state index contributed by atoms with van der Waals surface area (Å²) in [6, 6.07) is 12.4. The van der Waals surface area contributed by atoms with Crippen LogP contribution in [0, 0.1) is 18.3 Å². The SMILES string of the molecule is Cc1cc(N(C)CCc2cccs2)ccc1C#N. The lowest BCUT2D eigenvalue weighted by Gasteiger charge is -2.19. The van der Waals surface area contributed by atoms with Crippen LogP contribution in [0.2, 0.25) is 0 Å². The van der Waals surface area contributed by atoms with Crippen molar-refractivity contribution in [1.29, 1.82) is 5.26 Å². The number of rotatable bonds is 4. The van der Waals surface area contributed by atoms with E-state index in [0.717, 1.165) is 24.1 Å². The summed E-state index contributed by atoms with van der Waals surface area (Å²) >= 11 is 1.80. The molecule has 0 atom stereocenters. The molecule has 0 saturated carbocycles. The summed E-state index contributed by atoms with van der Waals surface area (Å²) in [5.41, 5.74) is 2.96. The van der Waals surface area contributed by atoms with Crippen LogP contribution in [0.5, 0.6) is 0 Å². The van der Waals surface area contributed by atoms with Gasteiger partial charge in [0.25, 0.3) is 0 Å². The van der Waals surface area contributed by atoms with Crippen molar-refractivity contribution in [1.82, 2.24) is 0 Å². The van der Waals surface area contributed by atoms with E-state index in [1.165, 1.54) is 10.6 Å². The number of likely N-dealkylation sites (N-methyl/N-ethyl adjacent to an activating group) is 1. The number of benzene rings is 1. The van der Waals surface area contributed by atoms with Gasteiger partial charge in [0.2, 0.25) is 0 Å². The Hall–Kier alpha value is -1.79. The minimum absolute atomic E-state index is 0.755. The van der Waals surface area contributed by atoms with E-state index in [1.807, 2.05) is 19.1 Å². The third-order valence-corrected chi connectivity index (χ3v) is 3.98. The number of nitrogens with zero attached hydrogens (tertiary/aromatic N) is 2. The Labute approximate surface area is 112 Å². The van der Waals surface area contributed by atoms with Gasteiger partial charge in [-0.25, -0.2) is 0 Å². The van der Waals surface area contributed by atoms with E-state index in [9.17, 15) is 0 Å². The highest BCUT2D eigenvalue weighted by Crippen LogP contribution is 2.18. The molecule has 1 heterocycles. The van der Waals surface area contributed by atoms with Crippen molar-refractivity contribution in [2.75, 3.05) is 18.5 Å². The number of hydrogen-bond donors (Lipinski definition) is 0. The normalized spacial score (nSPS) is 10.1. The molecule has 0 saturated heterocycles. The third kappa shape index (κ3) is 2.91. The Balaban J connectivity index is 2.03. The number of hydrogen-bond acceptors (Lipinski definition) is 3. The lowest BCUT2D eigenvalue weighted by Crippen LogP contribution is -2.20. The van der Waals surface area contributed by atoms with Gasteiger partial charge in [-0.2, -0.15) is 5.26 Å². The molecule has 1 aromatic heterocycles. The predicted molar refractivity (Wildman–Crippen MR) is 77.2 cm³/mol. The maximum atomic E-state index is 8.91. The van der Waals surface area contributed by atoms with Crippen LogP contribution in [0.25, 0.3) is 0 Å². The van der Waals surface area contributed by atoms with Crippen molar-refractivity contribution in [2.45, 2.75) is 13.3 Å². The summed E-state index contributed by atoms with van der Waals surface area (Å²) in [7, 11) is 2.09. The summed E-state index contributed by atoms with van der Waals surface area (Å²) in [6.45, 7) is 2.97. The molecule has 0 radical (unpaired) electrons. The van der Waals surface area contributed by atoms with Crippen LogP contribution in [0.3, 0.4) is 0 Å². The molecule has 0 fully saturated rings. The van der Waals surface area contributed by atoms with Crippen molar-refractivity contribution >= 4 is 17.0 Å². The first kappa shape index (κ1) is 12.7. The Bertz CT molecular complexity index is 552. The minimum Gasteiger partial charge on any atom is -0.374 e. The average Bonchev–Trinajstić information content (AvgIpc) is 2.89. The Morgan fingerprint density at radius 3 is 2.78 bits per heavy atom. The monoisotopic (exact) mass is 256 g/mol. The summed E-state index contributed by atoms with van der Waals surface area (Å²) < 4.78 is 0. The van der Waals surface area contributed by atoms with Crippen LogP contribution in [-0.4, -0.2) is 13.6 Å². The van der Waals surface area contributed by atoms with Gasteiger partial charge in [-0.05, 0) is 48.6 Å². The minimum atomic E-state index is 0.755. The summed E-state index contributed by atoms with van der Waals surface area (Å²) in [5.74, 6) is 0. The van der Waals surface area contributed by atoms with Gasteiger partial charge in [-0.15, -0.1) is 11.3 Å². The van der Waals surface area contributed by atoms with E-state index in [4.69, 9.17) is 5.26 Å². The van der Waals surface area contributed by atoms with E-state index in [2.05, 4.69) is 41.6 Å². The predicted octanol–water partition coefficient (Wildman–Crippen LogP) is 3.61. The summed E-state index contributed by atoms with van der Waals surface area (Å²) in [5, 5.41) is 11.0. The van der Waals surface area contributed by atoms with Crippen LogP contribution in [0.4, 0.5) is 5.69 Å². The Kier molecular flexibility index (Phi) is 4.01. The summed E-state index contributed by atoms with van der Waals surface area (Å²) in [6.07, 6.45) is 1.06. The highest BCUT2D eigenvalue weighted by Gasteiger charge is 2.04. The van der Waals surface area contributed by atoms with Gasteiger partial charge in [-0.1, -0.05) is 6.07 Å². The fraction of sp³-hybridized carbons (Fsp3) is 0.267. The Morgan fingerprint density at radius 2 is 2.17 bits per heavy atom. The van der Waals surface area contributed by atoms with E-state index >= 15 is 0 Å². The van der Waals surface area contributed by atoms with E-state index in [-0.39, 0.29) is 0 Å². The van der Waals surface area contributed by atoms with E-state index < -0.39 is 0 Å². The largest absolute Gasteiger partial charge is 0.374 e. The van der Waals surface area contributed by atoms with Crippen molar-refractivity contribution in [3.8, 4) is 6.07 Å². The molecule has 0 bridgehead atoms. The Morgan fingerprint density at radius 1 is 1.33 bits per heavy atom. The van der Waals surface area contributed by atoms with Gasteiger partial charge in [-0.3, -0.25) is 0 Å². The van der Waals surface area contributed by atoms with Gasteiger partial charge in [0, 0.05) is 24.2 Å². The number of anilines is 1. The molecule has 0 unspecified atom stereocenters.